The summed E-state index contributed by atoms with van der Waals surface area (Å²) in [6.45, 7) is 4.11. The van der Waals surface area contributed by atoms with Crippen LogP contribution in [-0.4, -0.2) is 49.0 Å². The molecule has 0 spiro atoms. The van der Waals surface area contributed by atoms with Gasteiger partial charge in [-0.3, -0.25) is 9.69 Å². The highest BCUT2D eigenvalue weighted by Crippen LogP contribution is 2.19. The number of amides is 1. The summed E-state index contributed by atoms with van der Waals surface area (Å²) in [7, 11) is 1.63. The number of carbonyl (C=O) groups is 1. The molecule has 0 aromatic heterocycles. The van der Waals surface area contributed by atoms with Crippen LogP contribution in [0.5, 0.6) is 5.75 Å². The lowest BCUT2D eigenvalue weighted by Gasteiger charge is -2.21. The highest BCUT2D eigenvalue weighted by molar-refractivity contribution is 5.92. The van der Waals surface area contributed by atoms with Gasteiger partial charge in [0, 0.05) is 44.4 Å². The molecule has 1 fully saturated rings. The van der Waals surface area contributed by atoms with Crippen molar-refractivity contribution >= 4 is 12.0 Å². The van der Waals surface area contributed by atoms with Gasteiger partial charge in [-0.25, -0.2) is 0 Å². The van der Waals surface area contributed by atoms with Crippen molar-refractivity contribution in [1.29, 1.82) is 5.26 Å². The lowest BCUT2D eigenvalue weighted by atomic mass is 10.1. The van der Waals surface area contributed by atoms with Gasteiger partial charge in [-0.2, -0.15) is 5.26 Å². The maximum atomic E-state index is 12.6. The van der Waals surface area contributed by atoms with Crippen LogP contribution in [0.15, 0.2) is 54.6 Å². The van der Waals surface area contributed by atoms with Crippen LogP contribution in [-0.2, 0) is 11.3 Å². The fourth-order valence-corrected chi connectivity index (χ4v) is 3.36. The largest absolute Gasteiger partial charge is 0.496 e. The number of para-hydroxylation sites is 1. The van der Waals surface area contributed by atoms with Crippen molar-refractivity contribution in [2.45, 2.75) is 13.0 Å². The Bertz CT molecular complexity index is 868. The average molecular weight is 375 g/mol. The first-order valence-electron chi connectivity index (χ1n) is 9.51. The van der Waals surface area contributed by atoms with Gasteiger partial charge < -0.3 is 9.64 Å². The molecule has 0 bridgehead atoms. The summed E-state index contributed by atoms with van der Waals surface area (Å²) in [4.78, 5) is 16.9. The minimum Gasteiger partial charge on any atom is -0.496 e. The molecule has 1 aliphatic heterocycles. The van der Waals surface area contributed by atoms with Crippen molar-refractivity contribution in [3.05, 3.63) is 71.3 Å². The normalized spacial score (nSPS) is 15.2. The Hall–Kier alpha value is -3.10. The SMILES string of the molecule is COc1ccccc1/C=C/C(=O)N1CCCN(Cc2ccc(C#N)cc2)CC1. The van der Waals surface area contributed by atoms with E-state index >= 15 is 0 Å². The monoisotopic (exact) mass is 375 g/mol. The second-order valence-electron chi connectivity index (χ2n) is 6.84. The molecular formula is C23H25N3O2. The lowest BCUT2D eigenvalue weighted by Crippen LogP contribution is -2.34. The van der Waals surface area contributed by atoms with Gasteiger partial charge in [0.05, 0.1) is 18.7 Å². The molecule has 1 amide bonds. The number of nitriles is 1. The molecule has 5 nitrogen and oxygen atoms in total. The van der Waals surface area contributed by atoms with Crippen LogP contribution in [0.4, 0.5) is 0 Å². The third-order valence-corrected chi connectivity index (χ3v) is 4.93. The number of hydrogen-bond acceptors (Lipinski definition) is 4. The molecule has 1 saturated heterocycles. The Kier molecular flexibility index (Phi) is 6.83. The molecule has 0 unspecified atom stereocenters. The number of nitrogens with zero attached hydrogens (tertiary/aromatic N) is 3. The summed E-state index contributed by atoms with van der Waals surface area (Å²) < 4.78 is 5.33. The third-order valence-electron chi connectivity index (χ3n) is 4.93. The highest BCUT2D eigenvalue weighted by atomic mass is 16.5. The number of benzene rings is 2. The zero-order chi connectivity index (χ0) is 19.8. The van der Waals surface area contributed by atoms with E-state index in [1.54, 1.807) is 13.2 Å². The van der Waals surface area contributed by atoms with Crippen LogP contribution in [0.2, 0.25) is 0 Å². The molecule has 0 saturated carbocycles. The standard InChI is InChI=1S/C23H25N3O2/c1-28-22-6-3-2-5-21(22)11-12-23(27)26-14-4-13-25(15-16-26)18-20-9-7-19(17-24)8-10-20/h2-3,5-12H,4,13-16,18H2,1H3/b12-11+. The molecule has 3 rings (SSSR count). The van der Waals surface area contributed by atoms with Crippen molar-refractivity contribution in [2.24, 2.45) is 0 Å². The number of carbonyl (C=O) groups excluding carboxylic acids is 1. The fourth-order valence-electron chi connectivity index (χ4n) is 3.36. The van der Waals surface area contributed by atoms with Crippen LogP contribution in [0.25, 0.3) is 6.08 Å². The van der Waals surface area contributed by atoms with E-state index in [2.05, 4.69) is 11.0 Å². The van der Waals surface area contributed by atoms with Gasteiger partial charge in [-0.1, -0.05) is 30.3 Å². The molecular weight excluding hydrogens is 350 g/mol. The molecule has 1 heterocycles. The van der Waals surface area contributed by atoms with E-state index in [1.807, 2.05) is 59.5 Å². The second-order valence-corrected chi connectivity index (χ2v) is 6.84. The Morgan fingerprint density at radius 3 is 2.64 bits per heavy atom. The average Bonchev–Trinajstić information content (AvgIpc) is 2.98. The maximum absolute atomic E-state index is 12.6. The van der Waals surface area contributed by atoms with Gasteiger partial charge >= 0.3 is 0 Å². The van der Waals surface area contributed by atoms with Gasteiger partial charge in [0.25, 0.3) is 0 Å². The first-order chi connectivity index (χ1) is 13.7. The lowest BCUT2D eigenvalue weighted by molar-refractivity contribution is -0.125. The zero-order valence-electron chi connectivity index (χ0n) is 16.2. The minimum atomic E-state index is 0.0335. The molecule has 1 aliphatic rings. The second kappa shape index (κ2) is 9.72. The minimum absolute atomic E-state index is 0.0335. The van der Waals surface area contributed by atoms with Crippen LogP contribution >= 0.6 is 0 Å². The molecule has 0 N–H and O–H groups in total. The summed E-state index contributed by atoms with van der Waals surface area (Å²) in [5.41, 5.74) is 2.77. The van der Waals surface area contributed by atoms with Crippen LogP contribution < -0.4 is 4.74 Å². The summed E-state index contributed by atoms with van der Waals surface area (Å²) in [5.74, 6) is 0.794. The van der Waals surface area contributed by atoms with E-state index in [-0.39, 0.29) is 5.91 Å². The van der Waals surface area contributed by atoms with E-state index in [9.17, 15) is 4.79 Å². The van der Waals surface area contributed by atoms with Crippen molar-refractivity contribution in [2.75, 3.05) is 33.3 Å². The predicted molar refractivity (Wildman–Crippen MR) is 110 cm³/mol. The molecule has 0 atom stereocenters. The number of methoxy groups -OCH3 is 1. The van der Waals surface area contributed by atoms with E-state index in [1.165, 1.54) is 5.56 Å². The van der Waals surface area contributed by atoms with Crippen molar-refractivity contribution in [3.63, 3.8) is 0 Å². The quantitative estimate of drug-likeness (QED) is 0.753. The number of rotatable bonds is 5. The summed E-state index contributed by atoms with van der Waals surface area (Å²) in [6.07, 6.45) is 4.40. The molecule has 2 aromatic rings. The van der Waals surface area contributed by atoms with Crippen molar-refractivity contribution in [3.8, 4) is 11.8 Å². The fraction of sp³-hybridized carbons (Fsp3) is 0.304. The van der Waals surface area contributed by atoms with Gasteiger partial charge in [-0.15, -0.1) is 0 Å². The molecule has 2 aromatic carbocycles. The Morgan fingerprint density at radius 1 is 1.11 bits per heavy atom. The first kappa shape index (κ1) is 19.7. The van der Waals surface area contributed by atoms with Crippen molar-refractivity contribution < 1.29 is 9.53 Å². The topological polar surface area (TPSA) is 56.6 Å². The van der Waals surface area contributed by atoms with E-state index in [0.29, 0.717) is 12.1 Å². The van der Waals surface area contributed by atoms with Gasteiger partial charge in [0.1, 0.15) is 5.75 Å². The Morgan fingerprint density at radius 2 is 1.89 bits per heavy atom. The molecule has 144 valence electrons. The molecule has 0 aliphatic carbocycles. The van der Waals surface area contributed by atoms with E-state index in [0.717, 1.165) is 43.9 Å². The van der Waals surface area contributed by atoms with E-state index in [4.69, 9.17) is 10.00 Å². The highest BCUT2D eigenvalue weighted by Gasteiger charge is 2.17. The summed E-state index contributed by atoms with van der Waals surface area (Å²) in [6, 6.07) is 17.5. The van der Waals surface area contributed by atoms with Crippen LogP contribution in [0, 0.1) is 11.3 Å². The molecule has 0 radical (unpaired) electrons. The van der Waals surface area contributed by atoms with Gasteiger partial charge in [0.2, 0.25) is 5.91 Å². The maximum Gasteiger partial charge on any atom is 0.246 e. The summed E-state index contributed by atoms with van der Waals surface area (Å²) in [5, 5.41) is 8.90. The predicted octanol–water partition coefficient (Wildman–Crippen LogP) is 3.31. The number of hydrogen-bond donors (Lipinski definition) is 0. The third kappa shape index (κ3) is 5.21. The zero-order valence-corrected chi connectivity index (χ0v) is 16.2. The molecule has 5 heteroatoms. The van der Waals surface area contributed by atoms with Gasteiger partial charge in [0.15, 0.2) is 0 Å². The molecule has 28 heavy (non-hydrogen) atoms. The smallest absolute Gasteiger partial charge is 0.246 e. The Balaban J connectivity index is 1.56. The number of ether oxygens (including phenoxy) is 1. The first-order valence-corrected chi connectivity index (χ1v) is 9.51. The Labute approximate surface area is 166 Å². The summed E-state index contributed by atoms with van der Waals surface area (Å²) >= 11 is 0. The van der Waals surface area contributed by atoms with Crippen LogP contribution in [0.3, 0.4) is 0 Å². The van der Waals surface area contributed by atoms with Crippen LogP contribution in [0.1, 0.15) is 23.1 Å². The van der Waals surface area contributed by atoms with E-state index < -0.39 is 0 Å². The van der Waals surface area contributed by atoms with Crippen molar-refractivity contribution in [1.82, 2.24) is 9.80 Å². The van der Waals surface area contributed by atoms with Gasteiger partial charge in [-0.05, 0) is 36.3 Å².